The first-order chi connectivity index (χ1) is 12.2. The highest BCUT2D eigenvalue weighted by Crippen LogP contribution is 2.61. The second-order valence-electron chi connectivity index (χ2n) is 8.83. The number of benzene rings is 1. The van der Waals surface area contributed by atoms with Crippen LogP contribution in [-0.2, 0) is 10.0 Å². The topological polar surface area (TPSA) is 89.3 Å². The predicted molar refractivity (Wildman–Crippen MR) is 98.2 cm³/mol. The Kier molecular flexibility index (Phi) is 4.15. The summed E-state index contributed by atoms with van der Waals surface area (Å²) in [6, 6.07) is 3.86. The molecule has 6 nitrogen and oxygen atoms in total. The molecule has 7 heteroatoms. The van der Waals surface area contributed by atoms with Crippen LogP contribution in [-0.4, -0.2) is 19.4 Å². The van der Waals surface area contributed by atoms with Crippen LogP contribution in [0.4, 0.5) is 5.69 Å². The number of nitro groups is 1. The number of rotatable bonds is 5. The zero-order valence-corrected chi connectivity index (χ0v) is 16.1. The minimum atomic E-state index is -3.79. The number of nitro benzene ring substituents is 1. The lowest BCUT2D eigenvalue weighted by atomic mass is 9.48. The normalized spacial score (nSPS) is 34.0. The van der Waals surface area contributed by atoms with Crippen LogP contribution in [0.5, 0.6) is 0 Å². The summed E-state index contributed by atoms with van der Waals surface area (Å²) in [5.74, 6) is 2.23. The first-order valence-electron chi connectivity index (χ1n) is 9.46. The third kappa shape index (κ3) is 2.95. The molecule has 26 heavy (non-hydrogen) atoms. The summed E-state index contributed by atoms with van der Waals surface area (Å²) < 4.78 is 28.9. The van der Waals surface area contributed by atoms with Crippen molar-refractivity contribution < 1.29 is 13.3 Å². The zero-order valence-electron chi connectivity index (χ0n) is 15.3. The SMILES string of the molecule is Cc1ccc([N+](=O)[O-])cc1S(=O)(=O)N[C@H](C)C12CC3CC(CC(C3)C1)C2. The number of non-ortho nitro benzene ring substituents is 1. The van der Waals surface area contributed by atoms with Gasteiger partial charge in [0.2, 0.25) is 10.0 Å². The van der Waals surface area contributed by atoms with Gasteiger partial charge in [-0.2, -0.15) is 0 Å². The van der Waals surface area contributed by atoms with Crippen LogP contribution < -0.4 is 4.72 Å². The van der Waals surface area contributed by atoms with Crippen molar-refractivity contribution in [3.8, 4) is 0 Å². The molecular weight excluding hydrogens is 352 g/mol. The van der Waals surface area contributed by atoms with Crippen molar-refractivity contribution in [1.29, 1.82) is 0 Å². The third-order valence-electron chi connectivity index (χ3n) is 7.01. The highest BCUT2D eigenvalue weighted by atomic mass is 32.2. The number of nitrogens with one attached hydrogen (secondary N) is 1. The van der Waals surface area contributed by atoms with Gasteiger partial charge in [0.25, 0.3) is 5.69 Å². The maximum atomic E-state index is 13.0. The fraction of sp³-hybridized carbons (Fsp3) is 0.684. The second kappa shape index (κ2) is 6.02. The summed E-state index contributed by atoms with van der Waals surface area (Å²) in [6.07, 6.45) is 7.25. The van der Waals surface area contributed by atoms with Crippen molar-refractivity contribution in [3.63, 3.8) is 0 Å². The van der Waals surface area contributed by atoms with Crippen LogP contribution in [0, 0.1) is 40.2 Å². The lowest BCUT2D eigenvalue weighted by Gasteiger charge is -2.59. The van der Waals surface area contributed by atoms with Gasteiger partial charge in [-0.25, -0.2) is 13.1 Å². The molecule has 0 spiro atoms. The van der Waals surface area contributed by atoms with Gasteiger partial charge < -0.3 is 0 Å². The molecule has 0 radical (unpaired) electrons. The van der Waals surface area contributed by atoms with E-state index in [-0.39, 0.29) is 22.0 Å². The van der Waals surface area contributed by atoms with Crippen LogP contribution in [0.25, 0.3) is 0 Å². The molecule has 1 N–H and O–H groups in total. The van der Waals surface area contributed by atoms with E-state index in [9.17, 15) is 18.5 Å². The molecule has 4 saturated carbocycles. The van der Waals surface area contributed by atoms with Crippen molar-refractivity contribution in [2.24, 2.45) is 23.2 Å². The van der Waals surface area contributed by atoms with E-state index in [1.807, 2.05) is 6.92 Å². The molecule has 0 saturated heterocycles. The number of hydrogen-bond acceptors (Lipinski definition) is 4. The van der Waals surface area contributed by atoms with E-state index < -0.39 is 14.9 Å². The quantitative estimate of drug-likeness (QED) is 0.623. The Balaban J connectivity index is 1.60. The van der Waals surface area contributed by atoms with Crippen molar-refractivity contribution in [2.75, 3.05) is 0 Å². The molecule has 142 valence electrons. The predicted octanol–water partition coefficient (Wildman–Crippen LogP) is 3.79. The average Bonchev–Trinajstić information content (AvgIpc) is 2.53. The van der Waals surface area contributed by atoms with Gasteiger partial charge in [-0.1, -0.05) is 6.07 Å². The van der Waals surface area contributed by atoms with E-state index in [0.29, 0.717) is 5.56 Å². The molecule has 4 fully saturated rings. The van der Waals surface area contributed by atoms with E-state index in [4.69, 9.17) is 0 Å². The minimum absolute atomic E-state index is 0.0169. The molecule has 0 aromatic heterocycles. The first kappa shape index (κ1) is 17.9. The third-order valence-corrected chi connectivity index (χ3v) is 8.69. The number of aryl methyl sites for hydroxylation is 1. The summed E-state index contributed by atoms with van der Waals surface area (Å²) in [5, 5.41) is 11.0. The van der Waals surface area contributed by atoms with Crippen molar-refractivity contribution in [1.82, 2.24) is 4.72 Å². The Bertz CT molecular complexity index is 814. The Morgan fingerprint density at radius 3 is 2.19 bits per heavy atom. The maximum Gasteiger partial charge on any atom is 0.270 e. The van der Waals surface area contributed by atoms with Gasteiger partial charge in [0, 0.05) is 18.2 Å². The fourth-order valence-corrected chi connectivity index (χ4v) is 7.73. The van der Waals surface area contributed by atoms with Gasteiger partial charge in [-0.3, -0.25) is 10.1 Å². The Hall–Kier alpha value is -1.47. The first-order valence-corrected chi connectivity index (χ1v) is 10.9. The summed E-state index contributed by atoms with van der Waals surface area (Å²) in [7, 11) is -3.79. The Labute approximate surface area is 154 Å². The molecule has 0 amide bonds. The molecule has 0 unspecified atom stereocenters. The molecular formula is C19H26N2O4S. The molecule has 0 heterocycles. The average molecular weight is 378 g/mol. The summed E-state index contributed by atoms with van der Waals surface area (Å²) in [6.45, 7) is 3.66. The molecule has 1 atom stereocenters. The van der Waals surface area contributed by atoms with Gasteiger partial charge in [0.05, 0.1) is 9.82 Å². The van der Waals surface area contributed by atoms with Crippen molar-refractivity contribution >= 4 is 15.7 Å². The maximum absolute atomic E-state index is 13.0. The van der Waals surface area contributed by atoms with Crippen molar-refractivity contribution in [2.45, 2.75) is 63.3 Å². The van der Waals surface area contributed by atoms with E-state index in [1.165, 1.54) is 37.5 Å². The molecule has 4 bridgehead atoms. The van der Waals surface area contributed by atoms with Crippen LogP contribution >= 0.6 is 0 Å². The largest absolute Gasteiger partial charge is 0.270 e. The van der Waals surface area contributed by atoms with Crippen LogP contribution in [0.3, 0.4) is 0 Å². The molecule has 4 aliphatic carbocycles. The van der Waals surface area contributed by atoms with Gasteiger partial charge in [0.1, 0.15) is 0 Å². The van der Waals surface area contributed by atoms with Gasteiger partial charge >= 0.3 is 0 Å². The Morgan fingerprint density at radius 1 is 1.15 bits per heavy atom. The van der Waals surface area contributed by atoms with E-state index in [1.54, 1.807) is 6.92 Å². The molecule has 0 aliphatic heterocycles. The van der Waals surface area contributed by atoms with Crippen LogP contribution in [0.15, 0.2) is 23.1 Å². The number of nitrogens with zero attached hydrogens (tertiary/aromatic N) is 1. The lowest BCUT2D eigenvalue weighted by Crippen LogP contribution is -2.55. The Morgan fingerprint density at radius 2 is 1.69 bits per heavy atom. The van der Waals surface area contributed by atoms with E-state index in [0.717, 1.165) is 37.0 Å². The van der Waals surface area contributed by atoms with Gasteiger partial charge in [-0.15, -0.1) is 0 Å². The summed E-state index contributed by atoms with van der Waals surface area (Å²) >= 11 is 0. The van der Waals surface area contributed by atoms with Gasteiger partial charge in [-0.05, 0) is 81.1 Å². The molecule has 5 rings (SSSR count). The summed E-state index contributed by atoms with van der Waals surface area (Å²) in [4.78, 5) is 10.5. The monoisotopic (exact) mass is 378 g/mol. The number of hydrogen-bond donors (Lipinski definition) is 1. The summed E-state index contributed by atoms with van der Waals surface area (Å²) in [5.41, 5.74) is 0.385. The molecule has 1 aromatic carbocycles. The molecule has 1 aromatic rings. The van der Waals surface area contributed by atoms with Crippen LogP contribution in [0.1, 0.15) is 51.0 Å². The number of sulfonamides is 1. The highest BCUT2D eigenvalue weighted by Gasteiger charge is 2.53. The standard InChI is InChI=1S/C19H26N2O4S/c1-12-3-4-17(21(22)23)8-18(12)26(24,25)20-13(2)19-9-14-5-15(10-19)7-16(6-14)11-19/h3-4,8,13-16,20H,5-7,9-11H2,1-2H3/t13-,14?,15?,16?,19?/m1/s1. The lowest BCUT2D eigenvalue weighted by molar-refractivity contribution is -0.385. The van der Waals surface area contributed by atoms with E-state index in [2.05, 4.69) is 4.72 Å². The second-order valence-corrected chi connectivity index (χ2v) is 10.5. The minimum Gasteiger partial charge on any atom is -0.258 e. The smallest absolute Gasteiger partial charge is 0.258 e. The van der Waals surface area contributed by atoms with Gasteiger partial charge in [0.15, 0.2) is 0 Å². The fourth-order valence-electron chi connectivity index (χ4n) is 6.12. The van der Waals surface area contributed by atoms with Crippen LogP contribution in [0.2, 0.25) is 0 Å². The highest BCUT2D eigenvalue weighted by molar-refractivity contribution is 7.89. The zero-order chi connectivity index (χ0) is 18.7. The van der Waals surface area contributed by atoms with Crippen molar-refractivity contribution in [3.05, 3.63) is 33.9 Å². The van der Waals surface area contributed by atoms with E-state index >= 15 is 0 Å². The molecule has 4 aliphatic rings.